The second-order valence-corrected chi connectivity index (χ2v) is 4.09. The minimum Gasteiger partial charge on any atom is -0.309 e. The van der Waals surface area contributed by atoms with Gasteiger partial charge in [-0.25, -0.2) is 0 Å². The molecule has 0 aromatic rings. The molecule has 2 heterocycles. The third kappa shape index (κ3) is 1.94. The second-order valence-electron chi connectivity index (χ2n) is 4.09. The Kier molecular flexibility index (Phi) is 2.70. The van der Waals surface area contributed by atoms with Crippen LogP contribution in [0.1, 0.15) is 25.7 Å². The quantitative estimate of drug-likeness (QED) is 0.563. The number of likely N-dealkylation sites (tertiary alicyclic amines) is 2. The van der Waals surface area contributed by atoms with Crippen molar-refractivity contribution in [2.45, 2.75) is 31.7 Å². The van der Waals surface area contributed by atoms with Crippen molar-refractivity contribution in [3.8, 4) is 6.19 Å². The molecule has 3 nitrogen and oxygen atoms in total. The lowest BCUT2D eigenvalue weighted by molar-refractivity contribution is 0.168. The minimum absolute atomic E-state index is 0.667. The van der Waals surface area contributed by atoms with Crippen LogP contribution < -0.4 is 0 Å². The van der Waals surface area contributed by atoms with Crippen molar-refractivity contribution in [2.24, 2.45) is 0 Å². The molecule has 0 aromatic carbocycles. The lowest BCUT2D eigenvalue weighted by atomic mass is 10.1. The molecule has 0 N–H and O–H groups in total. The summed E-state index contributed by atoms with van der Waals surface area (Å²) in [5.74, 6) is 0. The maximum atomic E-state index is 8.74. The first-order chi connectivity index (χ1) is 6.40. The summed E-state index contributed by atoms with van der Waals surface area (Å²) in [6, 6.07) is 0.667. The Balaban J connectivity index is 1.84. The molecule has 0 aliphatic carbocycles. The Morgan fingerprint density at radius 3 is 2.46 bits per heavy atom. The lowest BCUT2D eigenvalue weighted by Gasteiger charge is -2.31. The molecule has 72 valence electrons. The molecule has 0 saturated carbocycles. The van der Waals surface area contributed by atoms with Crippen LogP contribution in [0.15, 0.2) is 0 Å². The first-order valence-corrected chi connectivity index (χ1v) is 5.29. The predicted molar refractivity (Wildman–Crippen MR) is 51.0 cm³/mol. The molecule has 2 rings (SSSR count). The van der Waals surface area contributed by atoms with E-state index in [1.54, 1.807) is 0 Å². The summed E-state index contributed by atoms with van der Waals surface area (Å²) < 4.78 is 0. The zero-order valence-corrected chi connectivity index (χ0v) is 8.08. The maximum Gasteiger partial charge on any atom is 0.179 e. The SMILES string of the molecule is N#CN1CCC(N2CCCCC2)C1. The van der Waals surface area contributed by atoms with Crippen molar-refractivity contribution in [2.75, 3.05) is 26.2 Å². The van der Waals surface area contributed by atoms with E-state index in [0.29, 0.717) is 6.04 Å². The minimum atomic E-state index is 0.667. The fraction of sp³-hybridized carbons (Fsp3) is 0.900. The van der Waals surface area contributed by atoms with E-state index in [2.05, 4.69) is 11.1 Å². The molecule has 2 saturated heterocycles. The molecular weight excluding hydrogens is 162 g/mol. The number of nitriles is 1. The van der Waals surface area contributed by atoms with Gasteiger partial charge in [0.05, 0.1) is 0 Å². The van der Waals surface area contributed by atoms with Crippen LogP contribution in [0.2, 0.25) is 0 Å². The van der Waals surface area contributed by atoms with E-state index in [1.165, 1.54) is 38.8 Å². The maximum absolute atomic E-state index is 8.74. The van der Waals surface area contributed by atoms with Gasteiger partial charge in [0.2, 0.25) is 0 Å². The van der Waals surface area contributed by atoms with Crippen molar-refractivity contribution in [3.05, 3.63) is 0 Å². The molecule has 1 atom stereocenters. The Hall–Kier alpha value is -0.750. The second kappa shape index (κ2) is 3.97. The molecule has 2 aliphatic heterocycles. The van der Waals surface area contributed by atoms with Crippen LogP contribution in [0.3, 0.4) is 0 Å². The van der Waals surface area contributed by atoms with Gasteiger partial charge in [-0.15, -0.1) is 0 Å². The Bertz CT molecular complexity index is 203. The number of piperidine rings is 1. The van der Waals surface area contributed by atoms with Crippen molar-refractivity contribution in [1.82, 2.24) is 9.80 Å². The highest BCUT2D eigenvalue weighted by Gasteiger charge is 2.27. The largest absolute Gasteiger partial charge is 0.309 e. The monoisotopic (exact) mass is 179 g/mol. The van der Waals surface area contributed by atoms with Gasteiger partial charge in [0.25, 0.3) is 0 Å². The van der Waals surface area contributed by atoms with Crippen molar-refractivity contribution in [1.29, 1.82) is 5.26 Å². The third-order valence-electron chi connectivity index (χ3n) is 3.21. The summed E-state index contributed by atoms with van der Waals surface area (Å²) in [5.41, 5.74) is 0. The summed E-state index contributed by atoms with van der Waals surface area (Å²) in [6.07, 6.45) is 7.52. The first kappa shape index (κ1) is 8.83. The molecule has 3 heteroatoms. The summed E-state index contributed by atoms with van der Waals surface area (Å²) in [5, 5.41) is 8.74. The van der Waals surface area contributed by atoms with Gasteiger partial charge in [-0.2, -0.15) is 5.26 Å². The molecule has 2 aliphatic rings. The molecule has 13 heavy (non-hydrogen) atoms. The Labute approximate surface area is 79.9 Å². The van der Waals surface area contributed by atoms with E-state index in [0.717, 1.165) is 13.1 Å². The highest BCUT2D eigenvalue weighted by atomic mass is 15.2. The van der Waals surface area contributed by atoms with Crippen LogP contribution in [0, 0.1) is 11.5 Å². The van der Waals surface area contributed by atoms with E-state index in [-0.39, 0.29) is 0 Å². The van der Waals surface area contributed by atoms with Crippen LogP contribution in [-0.4, -0.2) is 42.0 Å². The van der Waals surface area contributed by atoms with Crippen molar-refractivity contribution >= 4 is 0 Å². The molecule has 0 radical (unpaired) electrons. The zero-order valence-electron chi connectivity index (χ0n) is 8.08. The smallest absolute Gasteiger partial charge is 0.179 e. The Morgan fingerprint density at radius 1 is 1.08 bits per heavy atom. The standard InChI is InChI=1S/C10H17N3/c11-9-12-7-4-10(8-12)13-5-2-1-3-6-13/h10H,1-8H2. The summed E-state index contributed by atoms with van der Waals surface area (Å²) in [7, 11) is 0. The summed E-state index contributed by atoms with van der Waals surface area (Å²) >= 11 is 0. The molecule has 2 fully saturated rings. The average Bonchev–Trinajstić information content (AvgIpc) is 2.67. The number of nitrogens with zero attached hydrogens (tertiary/aromatic N) is 3. The predicted octanol–water partition coefficient (Wildman–Crippen LogP) is 1.03. The van der Waals surface area contributed by atoms with Crippen LogP contribution in [0.25, 0.3) is 0 Å². The van der Waals surface area contributed by atoms with Gasteiger partial charge in [-0.05, 0) is 32.4 Å². The van der Waals surface area contributed by atoms with Gasteiger partial charge >= 0.3 is 0 Å². The highest BCUT2D eigenvalue weighted by Crippen LogP contribution is 2.19. The molecule has 1 unspecified atom stereocenters. The number of rotatable bonds is 1. The van der Waals surface area contributed by atoms with E-state index >= 15 is 0 Å². The Morgan fingerprint density at radius 2 is 1.85 bits per heavy atom. The molecule has 0 aromatic heterocycles. The highest BCUT2D eigenvalue weighted by molar-refractivity contribution is 4.89. The summed E-state index contributed by atoms with van der Waals surface area (Å²) in [4.78, 5) is 4.46. The van der Waals surface area contributed by atoms with Crippen LogP contribution in [-0.2, 0) is 0 Å². The average molecular weight is 179 g/mol. The van der Waals surface area contributed by atoms with Crippen LogP contribution in [0.5, 0.6) is 0 Å². The molecule has 0 amide bonds. The van der Waals surface area contributed by atoms with E-state index in [9.17, 15) is 0 Å². The van der Waals surface area contributed by atoms with Gasteiger partial charge in [0.1, 0.15) is 0 Å². The molecule has 0 spiro atoms. The van der Waals surface area contributed by atoms with Crippen LogP contribution in [0.4, 0.5) is 0 Å². The zero-order chi connectivity index (χ0) is 9.10. The van der Waals surface area contributed by atoms with Gasteiger partial charge < -0.3 is 4.90 Å². The van der Waals surface area contributed by atoms with E-state index in [1.807, 2.05) is 4.90 Å². The van der Waals surface area contributed by atoms with E-state index in [4.69, 9.17) is 5.26 Å². The van der Waals surface area contributed by atoms with Gasteiger partial charge in [-0.3, -0.25) is 4.90 Å². The van der Waals surface area contributed by atoms with Gasteiger partial charge in [0, 0.05) is 19.1 Å². The lowest BCUT2D eigenvalue weighted by Crippen LogP contribution is -2.40. The first-order valence-electron chi connectivity index (χ1n) is 5.29. The van der Waals surface area contributed by atoms with Crippen molar-refractivity contribution < 1.29 is 0 Å². The van der Waals surface area contributed by atoms with Crippen LogP contribution >= 0.6 is 0 Å². The van der Waals surface area contributed by atoms with Gasteiger partial charge in [-0.1, -0.05) is 6.42 Å². The van der Waals surface area contributed by atoms with Crippen molar-refractivity contribution in [3.63, 3.8) is 0 Å². The molecular formula is C10H17N3. The third-order valence-corrected chi connectivity index (χ3v) is 3.21. The fourth-order valence-electron chi connectivity index (χ4n) is 2.41. The number of hydrogen-bond acceptors (Lipinski definition) is 3. The normalized spacial score (nSPS) is 30.4. The topological polar surface area (TPSA) is 30.3 Å². The van der Waals surface area contributed by atoms with E-state index < -0.39 is 0 Å². The molecule has 0 bridgehead atoms. The number of hydrogen-bond donors (Lipinski definition) is 0. The summed E-state index contributed by atoms with van der Waals surface area (Å²) in [6.45, 7) is 4.45. The fourth-order valence-corrected chi connectivity index (χ4v) is 2.41. The van der Waals surface area contributed by atoms with Gasteiger partial charge in [0.15, 0.2) is 6.19 Å².